The van der Waals surface area contributed by atoms with Gasteiger partial charge in [0.1, 0.15) is 0 Å². The molecule has 2 N–H and O–H groups in total. The Morgan fingerprint density at radius 2 is 0.923 bits per heavy atom. The zero-order valence-electron chi connectivity index (χ0n) is 29.9. The van der Waals surface area contributed by atoms with E-state index in [1.807, 2.05) is 0 Å². The molecular formula is C46H50N6. The summed E-state index contributed by atoms with van der Waals surface area (Å²) < 4.78 is 0. The number of nitrogens with zero attached hydrogens (tertiary/aromatic N) is 4. The molecular weight excluding hydrogens is 637 g/mol. The number of para-hydroxylation sites is 4. The Hall–Kier alpha value is -5.40. The highest BCUT2D eigenvalue weighted by Gasteiger charge is 2.31. The first-order chi connectivity index (χ1) is 25.8. The van der Waals surface area contributed by atoms with Crippen LogP contribution in [-0.2, 0) is 0 Å². The number of anilines is 4. The first kappa shape index (κ1) is 35.0. The molecule has 6 aromatic carbocycles. The minimum absolute atomic E-state index is 0.258. The van der Waals surface area contributed by atoms with Gasteiger partial charge in [0.2, 0.25) is 0 Å². The topological polar surface area (TPSA) is 37.0 Å². The van der Waals surface area contributed by atoms with Gasteiger partial charge in [0, 0.05) is 44.1 Å². The molecule has 52 heavy (non-hydrogen) atoms. The molecule has 1 aliphatic heterocycles. The molecule has 1 unspecified atom stereocenters. The van der Waals surface area contributed by atoms with Crippen molar-refractivity contribution in [1.29, 1.82) is 0 Å². The van der Waals surface area contributed by atoms with Gasteiger partial charge in [0.25, 0.3) is 0 Å². The molecule has 0 saturated carbocycles. The molecule has 0 amide bonds. The van der Waals surface area contributed by atoms with E-state index in [0.29, 0.717) is 5.92 Å². The monoisotopic (exact) mass is 686 g/mol. The average Bonchev–Trinajstić information content (AvgIpc) is 3.67. The van der Waals surface area contributed by atoms with E-state index < -0.39 is 0 Å². The van der Waals surface area contributed by atoms with Gasteiger partial charge in [-0.3, -0.25) is 9.80 Å². The van der Waals surface area contributed by atoms with Crippen LogP contribution in [0, 0.1) is 5.92 Å². The summed E-state index contributed by atoms with van der Waals surface area (Å²) in [6.45, 7) is 6.70. The molecule has 6 heteroatoms. The molecule has 1 atom stereocenters. The molecule has 1 heterocycles. The summed E-state index contributed by atoms with van der Waals surface area (Å²) in [5, 5.41) is 2.13. The molecule has 7 rings (SSSR count). The maximum Gasteiger partial charge on any atom is 0.0601 e. The van der Waals surface area contributed by atoms with Gasteiger partial charge in [-0.25, -0.2) is 0 Å². The summed E-state index contributed by atoms with van der Waals surface area (Å²) in [5.74, 6) is 0.564. The van der Waals surface area contributed by atoms with Gasteiger partial charge in [-0.05, 0) is 78.5 Å². The highest BCUT2D eigenvalue weighted by Crippen LogP contribution is 2.33. The number of benzene rings is 6. The number of hydrazine groups is 2. The SMILES string of the molecule is c1ccc(NN(CCN(CCN(c2ccccc2)c2ccccc2)CC2CCN(C(c3ccccc3)c3ccccc3)C2)Nc2ccccc2)cc1. The Morgan fingerprint density at radius 1 is 0.500 bits per heavy atom. The van der Waals surface area contributed by atoms with E-state index in [0.717, 1.165) is 57.2 Å². The predicted octanol–water partition coefficient (Wildman–Crippen LogP) is 9.59. The Morgan fingerprint density at radius 3 is 1.40 bits per heavy atom. The fourth-order valence-corrected chi connectivity index (χ4v) is 7.37. The number of likely N-dealkylation sites (tertiary alicyclic amines) is 1. The van der Waals surface area contributed by atoms with Crippen LogP contribution >= 0.6 is 0 Å². The Labute approximate surface area is 309 Å². The normalized spacial score (nSPS) is 14.6. The van der Waals surface area contributed by atoms with Crippen molar-refractivity contribution in [3.8, 4) is 0 Å². The van der Waals surface area contributed by atoms with Crippen LogP contribution in [0.5, 0.6) is 0 Å². The third-order valence-corrected chi connectivity index (χ3v) is 9.92. The summed E-state index contributed by atoms with van der Waals surface area (Å²) in [4.78, 5) is 7.84. The molecule has 1 fully saturated rings. The lowest BCUT2D eigenvalue weighted by Gasteiger charge is -2.33. The van der Waals surface area contributed by atoms with Gasteiger partial charge in [-0.2, -0.15) is 0 Å². The minimum Gasteiger partial charge on any atom is -0.340 e. The van der Waals surface area contributed by atoms with E-state index >= 15 is 0 Å². The van der Waals surface area contributed by atoms with Crippen LogP contribution in [0.25, 0.3) is 0 Å². The Kier molecular flexibility index (Phi) is 12.3. The number of hydrogen-bond acceptors (Lipinski definition) is 6. The molecule has 0 aromatic heterocycles. The summed E-state index contributed by atoms with van der Waals surface area (Å²) in [5.41, 5.74) is 14.5. The largest absolute Gasteiger partial charge is 0.340 e. The average molecular weight is 687 g/mol. The third kappa shape index (κ3) is 9.68. The van der Waals surface area contributed by atoms with Crippen molar-refractivity contribution in [2.45, 2.75) is 12.5 Å². The van der Waals surface area contributed by atoms with Gasteiger partial charge in [0.05, 0.1) is 24.0 Å². The minimum atomic E-state index is 0.258. The van der Waals surface area contributed by atoms with E-state index in [-0.39, 0.29) is 6.04 Å². The molecule has 264 valence electrons. The summed E-state index contributed by atoms with van der Waals surface area (Å²) >= 11 is 0. The zero-order valence-corrected chi connectivity index (χ0v) is 29.9. The molecule has 1 saturated heterocycles. The van der Waals surface area contributed by atoms with Crippen molar-refractivity contribution in [3.63, 3.8) is 0 Å². The van der Waals surface area contributed by atoms with E-state index in [9.17, 15) is 0 Å². The van der Waals surface area contributed by atoms with Crippen molar-refractivity contribution in [1.82, 2.24) is 14.9 Å². The van der Waals surface area contributed by atoms with Crippen molar-refractivity contribution in [3.05, 3.63) is 193 Å². The summed E-state index contributed by atoms with van der Waals surface area (Å²) in [6.07, 6.45) is 1.18. The van der Waals surface area contributed by atoms with Gasteiger partial charge in [-0.1, -0.05) is 133 Å². The molecule has 0 spiro atoms. The second-order valence-corrected chi connectivity index (χ2v) is 13.6. The number of hydrogen-bond donors (Lipinski definition) is 2. The third-order valence-electron chi connectivity index (χ3n) is 9.92. The Balaban J connectivity index is 1.11. The Bertz CT molecular complexity index is 1740. The van der Waals surface area contributed by atoms with Gasteiger partial charge in [-0.15, -0.1) is 5.12 Å². The van der Waals surface area contributed by atoms with E-state index in [4.69, 9.17) is 0 Å². The molecule has 0 bridgehead atoms. The lowest BCUT2D eigenvalue weighted by molar-refractivity contribution is 0.203. The summed E-state index contributed by atoms with van der Waals surface area (Å²) in [6, 6.07) is 64.7. The van der Waals surface area contributed by atoms with Crippen LogP contribution in [0.1, 0.15) is 23.6 Å². The maximum atomic E-state index is 3.63. The fraction of sp³-hybridized carbons (Fsp3) is 0.217. The lowest BCUT2D eigenvalue weighted by Crippen LogP contribution is -2.45. The smallest absolute Gasteiger partial charge is 0.0601 e. The highest BCUT2D eigenvalue weighted by atomic mass is 15.7. The van der Waals surface area contributed by atoms with E-state index in [1.54, 1.807) is 0 Å². The first-order valence-electron chi connectivity index (χ1n) is 18.6. The van der Waals surface area contributed by atoms with Crippen molar-refractivity contribution < 1.29 is 0 Å². The molecule has 0 aliphatic carbocycles. The van der Waals surface area contributed by atoms with Crippen LogP contribution in [-0.4, -0.2) is 60.7 Å². The van der Waals surface area contributed by atoms with Gasteiger partial charge in [0.15, 0.2) is 0 Å². The second-order valence-electron chi connectivity index (χ2n) is 13.6. The van der Waals surface area contributed by atoms with Crippen molar-refractivity contribution in [2.75, 3.05) is 61.6 Å². The number of rotatable bonds is 17. The zero-order chi connectivity index (χ0) is 35.2. The van der Waals surface area contributed by atoms with Crippen LogP contribution < -0.4 is 15.8 Å². The quantitative estimate of drug-likeness (QED) is 0.0932. The summed E-state index contributed by atoms with van der Waals surface area (Å²) in [7, 11) is 0. The van der Waals surface area contributed by atoms with Crippen LogP contribution in [0.3, 0.4) is 0 Å². The molecule has 0 radical (unpaired) electrons. The highest BCUT2D eigenvalue weighted by molar-refractivity contribution is 5.63. The van der Waals surface area contributed by atoms with Crippen LogP contribution in [0.2, 0.25) is 0 Å². The molecule has 6 nitrogen and oxygen atoms in total. The van der Waals surface area contributed by atoms with Crippen LogP contribution in [0.15, 0.2) is 182 Å². The van der Waals surface area contributed by atoms with Crippen LogP contribution in [0.4, 0.5) is 22.7 Å². The fourth-order valence-electron chi connectivity index (χ4n) is 7.37. The van der Waals surface area contributed by atoms with Crippen molar-refractivity contribution >= 4 is 22.7 Å². The number of nitrogens with one attached hydrogen (secondary N) is 2. The van der Waals surface area contributed by atoms with E-state index in [2.05, 4.69) is 213 Å². The maximum absolute atomic E-state index is 3.63. The van der Waals surface area contributed by atoms with Gasteiger partial charge >= 0.3 is 0 Å². The lowest BCUT2D eigenvalue weighted by atomic mass is 9.97. The molecule has 6 aromatic rings. The standard InChI is InChI=1S/C46H50N6/c1-7-19-40(20-8-1)46(41-21-9-2-10-22-41)50-32-31-39(38-50)37-49(33-35-51(44-27-15-5-16-28-44)45-29-17-6-18-30-45)34-36-52(47-42-23-11-3-12-24-42)48-43-25-13-4-14-26-43/h1-30,39,46-48H,31-38H2. The predicted molar refractivity (Wildman–Crippen MR) is 218 cm³/mol. The molecule has 1 aliphatic rings. The van der Waals surface area contributed by atoms with E-state index in [1.165, 1.54) is 28.9 Å². The second kappa shape index (κ2) is 18.2. The van der Waals surface area contributed by atoms with Crippen molar-refractivity contribution in [2.24, 2.45) is 5.92 Å². The van der Waals surface area contributed by atoms with Gasteiger partial charge < -0.3 is 15.8 Å². The first-order valence-corrected chi connectivity index (χ1v) is 18.6.